The van der Waals surface area contributed by atoms with Gasteiger partial charge in [0.1, 0.15) is 0 Å². The van der Waals surface area contributed by atoms with Crippen LogP contribution in [0.15, 0.2) is 53.7 Å². The van der Waals surface area contributed by atoms with Crippen molar-refractivity contribution in [3.05, 3.63) is 76.0 Å². The minimum Gasteiger partial charge on any atom is -0.493 e. The monoisotopic (exact) mass is 471 g/mol. The Morgan fingerprint density at radius 2 is 1.63 bits per heavy atom. The van der Waals surface area contributed by atoms with Gasteiger partial charge in [-0.15, -0.1) is 0 Å². The molecule has 2 aromatic carbocycles. The summed E-state index contributed by atoms with van der Waals surface area (Å²) in [7, 11) is 3.37. The van der Waals surface area contributed by atoms with Crippen molar-refractivity contribution >= 4 is 11.5 Å². The third kappa shape index (κ3) is 4.07. The van der Waals surface area contributed by atoms with Crippen molar-refractivity contribution in [3.63, 3.8) is 0 Å². The van der Waals surface area contributed by atoms with Crippen molar-refractivity contribution in [1.82, 2.24) is 4.90 Å². The lowest BCUT2D eigenvalue weighted by molar-refractivity contribution is -0.118. The van der Waals surface area contributed by atoms with Crippen molar-refractivity contribution in [2.45, 2.75) is 65.2 Å². The predicted molar refractivity (Wildman–Crippen MR) is 141 cm³/mol. The first kappa shape index (κ1) is 23.7. The number of hydrogen-bond acceptors (Lipinski definition) is 4. The van der Waals surface area contributed by atoms with Crippen LogP contribution in [0.5, 0.6) is 11.5 Å². The smallest absolute Gasteiger partial charge is 0.162 e. The summed E-state index contributed by atoms with van der Waals surface area (Å²) in [4.78, 5) is 16.0. The maximum atomic E-state index is 13.6. The van der Waals surface area contributed by atoms with E-state index >= 15 is 0 Å². The van der Waals surface area contributed by atoms with Crippen LogP contribution in [0.25, 0.3) is 5.70 Å². The zero-order valence-electron chi connectivity index (χ0n) is 22.1. The molecule has 35 heavy (non-hydrogen) atoms. The van der Waals surface area contributed by atoms with E-state index in [1.165, 1.54) is 33.6 Å². The Bertz CT molecular complexity index is 1240. The second-order valence-corrected chi connectivity index (χ2v) is 12.0. The number of carbonyl (C=O) groups excluding carboxylic acids is 1. The van der Waals surface area contributed by atoms with Gasteiger partial charge >= 0.3 is 0 Å². The number of benzene rings is 2. The van der Waals surface area contributed by atoms with Gasteiger partial charge in [-0.05, 0) is 58.6 Å². The molecule has 0 aromatic heterocycles. The Morgan fingerprint density at radius 3 is 2.26 bits per heavy atom. The summed E-state index contributed by atoms with van der Waals surface area (Å²) in [6, 6.07) is 13.1. The van der Waals surface area contributed by atoms with Crippen molar-refractivity contribution in [2.24, 2.45) is 5.41 Å². The van der Waals surface area contributed by atoms with E-state index in [1.54, 1.807) is 14.2 Å². The van der Waals surface area contributed by atoms with Crippen LogP contribution in [0, 0.1) is 5.41 Å². The summed E-state index contributed by atoms with van der Waals surface area (Å²) in [6.07, 6.45) is 4.72. The first-order valence-electron chi connectivity index (χ1n) is 12.6. The molecule has 1 aliphatic carbocycles. The molecule has 1 unspecified atom stereocenters. The van der Waals surface area contributed by atoms with E-state index < -0.39 is 0 Å². The van der Waals surface area contributed by atoms with E-state index in [0.717, 1.165) is 36.5 Å². The van der Waals surface area contributed by atoms with E-state index in [-0.39, 0.29) is 22.5 Å². The van der Waals surface area contributed by atoms with Crippen LogP contribution in [0.1, 0.15) is 75.6 Å². The highest BCUT2D eigenvalue weighted by atomic mass is 16.5. The molecule has 0 radical (unpaired) electrons. The van der Waals surface area contributed by atoms with Gasteiger partial charge in [-0.3, -0.25) is 4.79 Å². The second-order valence-electron chi connectivity index (χ2n) is 12.0. The van der Waals surface area contributed by atoms with E-state index in [2.05, 4.69) is 82.0 Å². The lowest BCUT2D eigenvalue weighted by Gasteiger charge is -2.46. The standard InChI is InChI=1S/C31H37NO3/c1-30(2,3)21-10-8-19(9-11-21)23-15-24-22-16-28(35-7)27(34-6)14-20(22)12-13-32(24)25-17-31(4,5)18-26(33)29(23)25/h8-11,14-16,23H,12-13,17-18H2,1-7H3. The predicted octanol–water partition coefficient (Wildman–Crippen LogP) is 6.64. The molecule has 0 spiro atoms. The molecule has 0 saturated carbocycles. The lowest BCUT2D eigenvalue weighted by atomic mass is 9.69. The number of hydrogen-bond donors (Lipinski definition) is 0. The molecule has 184 valence electrons. The average molecular weight is 472 g/mol. The van der Waals surface area contributed by atoms with E-state index in [1.807, 2.05) is 0 Å². The molecule has 4 nitrogen and oxygen atoms in total. The Balaban J connectivity index is 1.68. The third-order valence-corrected chi connectivity index (χ3v) is 7.77. The number of nitrogens with zero attached hydrogens (tertiary/aromatic N) is 1. The van der Waals surface area contributed by atoms with Gasteiger partial charge in [0.05, 0.1) is 14.2 Å². The molecule has 1 atom stereocenters. The summed E-state index contributed by atoms with van der Waals surface area (Å²) in [5, 5.41) is 0. The fourth-order valence-corrected chi connectivity index (χ4v) is 5.91. The number of ether oxygens (including phenoxy) is 2. The van der Waals surface area contributed by atoms with E-state index in [4.69, 9.17) is 9.47 Å². The number of carbonyl (C=O) groups is 1. The summed E-state index contributed by atoms with van der Waals surface area (Å²) in [5.74, 6) is 1.74. The zero-order chi connectivity index (χ0) is 25.1. The molecular weight excluding hydrogens is 434 g/mol. The molecule has 0 fully saturated rings. The van der Waals surface area contributed by atoms with Gasteiger partial charge in [0, 0.05) is 41.4 Å². The fourth-order valence-electron chi connectivity index (χ4n) is 5.91. The van der Waals surface area contributed by atoms with Gasteiger partial charge in [-0.2, -0.15) is 0 Å². The molecule has 0 N–H and O–H groups in total. The van der Waals surface area contributed by atoms with Crippen molar-refractivity contribution < 1.29 is 14.3 Å². The molecule has 2 aliphatic heterocycles. The number of fused-ring (bicyclic) bond motifs is 4. The molecule has 2 aromatic rings. The van der Waals surface area contributed by atoms with Crippen LogP contribution in [0.4, 0.5) is 0 Å². The van der Waals surface area contributed by atoms with E-state index in [9.17, 15) is 4.79 Å². The number of ketones is 1. The molecule has 0 bridgehead atoms. The number of Topliss-reactive ketones (excluding diaryl/α,β-unsaturated/α-hetero) is 1. The molecule has 0 amide bonds. The van der Waals surface area contributed by atoms with Crippen molar-refractivity contribution in [1.29, 1.82) is 0 Å². The molecule has 3 aliphatic rings. The zero-order valence-corrected chi connectivity index (χ0v) is 22.1. The first-order valence-corrected chi connectivity index (χ1v) is 12.6. The van der Waals surface area contributed by atoms with Crippen LogP contribution in [0.2, 0.25) is 0 Å². The first-order chi connectivity index (χ1) is 16.5. The van der Waals surface area contributed by atoms with Crippen LogP contribution in [0.3, 0.4) is 0 Å². The largest absolute Gasteiger partial charge is 0.493 e. The highest BCUT2D eigenvalue weighted by Crippen LogP contribution is 2.51. The molecule has 4 heteroatoms. The van der Waals surface area contributed by atoms with Crippen molar-refractivity contribution in [2.75, 3.05) is 20.8 Å². The van der Waals surface area contributed by atoms with Gasteiger partial charge in [-0.1, -0.05) is 58.9 Å². The van der Waals surface area contributed by atoms with Crippen LogP contribution in [-0.4, -0.2) is 31.4 Å². The third-order valence-electron chi connectivity index (χ3n) is 7.77. The summed E-state index contributed by atoms with van der Waals surface area (Å²) >= 11 is 0. The Morgan fingerprint density at radius 1 is 0.971 bits per heavy atom. The Kier molecular flexibility index (Phi) is 5.62. The molecule has 0 saturated heterocycles. The van der Waals surface area contributed by atoms with Crippen LogP contribution < -0.4 is 9.47 Å². The summed E-state index contributed by atoms with van der Waals surface area (Å²) < 4.78 is 11.2. The van der Waals surface area contributed by atoms with Crippen LogP contribution in [-0.2, 0) is 16.6 Å². The Labute approximate surface area is 209 Å². The Hall–Kier alpha value is -3.01. The fraction of sp³-hybridized carbons (Fsp3) is 0.452. The van der Waals surface area contributed by atoms with E-state index in [0.29, 0.717) is 6.42 Å². The average Bonchev–Trinajstić information content (AvgIpc) is 2.81. The summed E-state index contributed by atoms with van der Waals surface area (Å²) in [5.41, 5.74) is 8.33. The van der Waals surface area contributed by atoms with Gasteiger partial charge in [0.2, 0.25) is 0 Å². The van der Waals surface area contributed by atoms with Crippen LogP contribution >= 0.6 is 0 Å². The quantitative estimate of drug-likeness (QED) is 0.503. The van der Waals surface area contributed by atoms with Gasteiger partial charge < -0.3 is 14.4 Å². The highest BCUT2D eigenvalue weighted by molar-refractivity contribution is 6.01. The number of allylic oxidation sites excluding steroid dienone is 3. The number of methoxy groups -OCH3 is 2. The highest BCUT2D eigenvalue weighted by Gasteiger charge is 2.42. The SMILES string of the molecule is COc1cc2c(cc1OC)C1=CC(c3ccc(C(C)(C)C)cc3)C3=C(CC(C)(C)CC3=O)N1CC2. The molecule has 2 heterocycles. The topological polar surface area (TPSA) is 38.8 Å². The number of rotatable bonds is 3. The minimum atomic E-state index is -0.0482. The van der Waals surface area contributed by atoms with Gasteiger partial charge in [0.25, 0.3) is 0 Å². The summed E-state index contributed by atoms with van der Waals surface area (Å²) in [6.45, 7) is 12.0. The maximum absolute atomic E-state index is 13.6. The molecular formula is C31H37NO3. The van der Waals surface area contributed by atoms with Crippen molar-refractivity contribution in [3.8, 4) is 11.5 Å². The minimum absolute atomic E-state index is 0.0448. The second kappa shape index (κ2) is 8.29. The van der Waals surface area contributed by atoms with Gasteiger partial charge in [-0.25, -0.2) is 0 Å². The molecule has 5 rings (SSSR count). The lowest BCUT2D eigenvalue weighted by Crippen LogP contribution is -2.40. The van der Waals surface area contributed by atoms with Gasteiger partial charge in [0.15, 0.2) is 17.3 Å². The normalized spacial score (nSPS) is 21.1. The maximum Gasteiger partial charge on any atom is 0.162 e.